The number of ether oxygens (including phenoxy) is 1. The molecule has 0 spiro atoms. The van der Waals surface area contributed by atoms with Crippen molar-refractivity contribution in [3.8, 4) is 0 Å². The number of hydrogen-bond acceptors (Lipinski definition) is 5. The van der Waals surface area contributed by atoms with Gasteiger partial charge < -0.3 is 19.9 Å². The van der Waals surface area contributed by atoms with Gasteiger partial charge in [-0.1, -0.05) is 18.2 Å². The maximum absolute atomic E-state index is 12.8. The molecule has 1 N–H and O–H groups in total. The van der Waals surface area contributed by atoms with E-state index in [1.165, 1.54) is 0 Å². The summed E-state index contributed by atoms with van der Waals surface area (Å²) in [6, 6.07) is 8.30. The number of piperazine rings is 1. The van der Waals surface area contributed by atoms with Gasteiger partial charge in [-0.3, -0.25) is 4.79 Å². The van der Waals surface area contributed by atoms with E-state index in [-0.39, 0.29) is 11.9 Å². The Hall–Kier alpha value is -1.47. The summed E-state index contributed by atoms with van der Waals surface area (Å²) < 4.78 is 6.48. The number of nitrogens with zero attached hydrogens (tertiary/aromatic N) is 2. The van der Waals surface area contributed by atoms with Crippen LogP contribution in [0.25, 0.3) is 10.1 Å². The molecule has 1 fully saturated rings. The average Bonchev–Trinajstić information content (AvgIpc) is 3.00. The number of fused-ring (bicyclic) bond motifs is 1. The van der Waals surface area contributed by atoms with Crippen molar-refractivity contribution in [2.45, 2.75) is 26.0 Å². The van der Waals surface area contributed by atoms with Crippen LogP contribution in [0.5, 0.6) is 0 Å². The highest BCUT2D eigenvalue weighted by atomic mass is 32.1. The first kappa shape index (κ1) is 19.3. The van der Waals surface area contributed by atoms with Gasteiger partial charge in [0.15, 0.2) is 0 Å². The molecule has 26 heavy (non-hydrogen) atoms. The summed E-state index contributed by atoms with van der Waals surface area (Å²) in [5.41, 5.74) is 0.997. The zero-order chi connectivity index (χ0) is 18.5. The van der Waals surface area contributed by atoms with E-state index < -0.39 is 0 Å². The number of hydrogen-bond donors (Lipinski definition) is 1. The smallest absolute Gasteiger partial charge is 0.261 e. The summed E-state index contributed by atoms with van der Waals surface area (Å²) in [7, 11) is 3.84. The molecular formula is C20H29N3O2S. The van der Waals surface area contributed by atoms with Gasteiger partial charge in [-0.2, -0.15) is 0 Å². The number of thiophene rings is 1. The van der Waals surface area contributed by atoms with Crippen LogP contribution in [-0.4, -0.2) is 68.6 Å². The van der Waals surface area contributed by atoms with Crippen molar-refractivity contribution in [3.63, 3.8) is 0 Å². The molecule has 2 aromatic rings. The molecule has 1 aliphatic heterocycles. The summed E-state index contributed by atoms with van der Waals surface area (Å²) >= 11 is 1.55. The molecule has 0 radical (unpaired) electrons. The molecule has 0 unspecified atom stereocenters. The quantitative estimate of drug-likeness (QED) is 0.808. The lowest BCUT2D eigenvalue weighted by atomic mass is 10.1. The Morgan fingerprint density at radius 3 is 2.73 bits per heavy atom. The van der Waals surface area contributed by atoms with E-state index in [1.54, 1.807) is 18.4 Å². The molecule has 3 rings (SSSR count). The van der Waals surface area contributed by atoms with Gasteiger partial charge in [0, 0.05) is 56.1 Å². The van der Waals surface area contributed by atoms with Crippen LogP contribution in [0.2, 0.25) is 0 Å². The third-order valence-electron chi connectivity index (χ3n) is 5.04. The Kier molecular flexibility index (Phi) is 6.64. The molecule has 2 heterocycles. The van der Waals surface area contributed by atoms with Crippen LogP contribution in [0.15, 0.2) is 24.3 Å². The van der Waals surface area contributed by atoms with Gasteiger partial charge in [0.2, 0.25) is 0 Å². The number of benzene rings is 1. The molecule has 0 bridgehead atoms. The second-order valence-corrected chi connectivity index (χ2v) is 8.20. The number of rotatable bonds is 7. The van der Waals surface area contributed by atoms with Crippen LogP contribution in [0.4, 0.5) is 0 Å². The summed E-state index contributed by atoms with van der Waals surface area (Å²) in [6.07, 6.45) is 0.972. The fourth-order valence-electron chi connectivity index (χ4n) is 3.38. The largest absolute Gasteiger partial charge is 0.380 e. The average molecular weight is 376 g/mol. The lowest BCUT2D eigenvalue weighted by molar-refractivity contribution is 0.0931. The molecule has 1 aromatic heterocycles. The molecule has 6 heteroatoms. The molecular weight excluding hydrogens is 346 g/mol. The summed E-state index contributed by atoms with van der Waals surface area (Å²) in [5, 5.41) is 4.30. The van der Waals surface area contributed by atoms with Gasteiger partial charge in [-0.05, 0) is 31.8 Å². The van der Waals surface area contributed by atoms with Crippen molar-refractivity contribution >= 4 is 27.3 Å². The maximum atomic E-state index is 12.8. The minimum atomic E-state index is 0.0177. The van der Waals surface area contributed by atoms with Crippen LogP contribution in [0, 0.1) is 0 Å². The molecule has 0 aliphatic carbocycles. The molecule has 142 valence electrons. The Labute approximate surface area is 159 Å². The van der Waals surface area contributed by atoms with Gasteiger partial charge in [0.05, 0.1) is 11.5 Å². The van der Waals surface area contributed by atoms with Crippen molar-refractivity contribution in [2.24, 2.45) is 0 Å². The van der Waals surface area contributed by atoms with Crippen LogP contribution in [0.3, 0.4) is 0 Å². The second-order valence-electron chi connectivity index (χ2n) is 7.15. The van der Waals surface area contributed by atoms with Crippen LogP contribution < -0.4 is 5.32 Å². The zero-order valence-corrected chi connectivity index (χ0v) is 16.8. The monoisotopic (exact) mass is 375 g/mol. The minimum Gasteiger partial charge on any atom is -0.380 e. The first-order chi connectivity index (χ1) is 12.6. The molecule has 1 amide bonds. The van der Waals surface area contributed by atoms with E-state index in [0.717, 1.165) is 59.7 Å². The van der Waals surface area contributed by atoms with Gasteiger partial charge in [-0.25, -0.2) is 0 Å². The Morgan fingerprint density at radius 2 is 2.00 bits per heavy atom. The third kappa shape index (κ3) is 4.62. The Bertz CT molecular complexity index is 738. The lowest BCUT2D eigenvalue weighted by Gasteiger charge is -2.32. The molecule has 1 atom stereocenters. The number of methoxy groups -OCH3 is 1. The van der Waals surface area contributed by atoms with E-state index in [4.69, 9.17) is 4.74 Å². The molecule has 5 nitrogen and oxygen atoms in total. The first-order valence-corrected chi connectivity index (χ1v) is 10.1. The highest BCUT2D eigenvalue weighted by Gasteiger charge is 2.20. The van der Waals surface area contributed by atoms with E-state index in [2.05, 4.69) is 41.2 Å². The van der Waals surface area contributed by atoms with Gasteiger partial charge >= 0.3 is 0 Å². The van der Waals surface area contributed by atoms with Crippen molar-refractivity contribution in [1.82, 2.24) is 15.1 Å². The summed E-state index contributed by atoms with van der Waals surface area (Å²) in [5.74, 6) is 0.0177. The van der Waals surface area contributed by atoms with Gasteiger partial charge in [-0.15, -0.1) is 11.3 Å². The van der Waals surface area contributed by atoms with Crippen molar-refractivity contribution in [1.29, 1.82) is 0 Å². The normalized spacial score (nSPS) is 17.5. The third-order valence-corrected chi connectivity index (χ3v) is 6.26. The predicted octanol–water partition coefficient (Wildman–Crippen LogP) is 2.80. The fraction of sp³-hybridized carbons (Fsp3) is 0.550. The van der Waals surface area contributed by atoms with Gasteiger partial charge in [0.25, 0.3) is 5.91 Å². The van der Waals surface area contributed by atoms with Crippen molar-refractivity contribution in [2.75, 3.05) is 46.9 Å². The van der Waals surface area contributed by atoms with E-state index in [1.807, 2.05) is 12.1 Å². The van der Waals surface area contributed by atoms with Gasteiger partial charge in [0.1, 0.15) is 0 Å². The molecule has 1 saturated heterocycles. The first-order valence-electron chi connectivity index (χ1n) is 9.29. The molecule has 1 aromatic carbocycles. The Morgan fingerprint density at radius 1 is 1.27 bits per heavy atom. The lowest BCUT2D eigenvalue weighted by Crippen LogP contribution is -2.46. The van der Waals surface area contributed by atoms with Crippen molar-refractivity contribution < 1.29 is 9.53 Å². The van der Waals surface area contributed by atoms with Crippen molar-refractivity contribution in [3.05, 3.63) is 34.7 Å². The number of carbonyl (C=O) groups is 1. The topological polar surface area (TPSA) is 44.8 Å². The van der Waals surface area contributed by atoms with E-state index in [9.17, 15) is 4.79 Å². The van der Waals surface area contributed by atoms with Crippen LogP contribution in [-0.2, 0) is 11.3 Å². The molecule has 0 saturated carbocycles. The van der Waals surface area contributed by atoms with E-state index in [0.29, 0.717) is 6.61 Å². The number of nitrogens with one attached hydrogen (secondary N) is 1. The molecule has 1 aliphatic rings. The minimum absolute atomic E-state index is 0.0177. The SMILES string of the molecule is COCc1c(C(=O)N[C@H](C)CCN2CCN(C)CC2)sc2ccccc12. The zero-order valence-electron chi connectivity index (χ0n) is 16.0. The fourth-order valence-corrected chi connectivity index (χ4v) is 4.49. The highest BCUT2D eigenvalue weighted by Crippen LogP contribution is 2.31. The standard InChI is InChI=1S/C20H29N3O2S/c1-15(8-9-23-12-10-22(2)11-13-23)21-20(24)19-17(14-25-3)16-6-4-5-7-18(16)26-19/h4-7,15H,8-14H2,1-3H3,(H,21,24)/t15-/m1/s1. The second kappa shape index (κ2) is 8.95. The van der Waals surface area contributed by atoms with Crippen LogP contribution >= 0.6 is 11.3 Å². The van der Waals surface area contributed by atoms with Crippen LogP contribution in [0.1, 0.15) is 28.6 Å². The Balaban J connectivity index is 1.60. The van der Waals surface area contributed by atoms with E-state index >= 15 is 0 Å². The number of likely N-dealkylation sites (N-methyl/N-ethyl adjacent to an activating group) is 1. The maximum Gasteiger partial charge on any atom is 0.261 e. The number of carbonyl (C=O) groups excluding carboxylic acids is 1. The summed E-state index contributed by atoms with van der Waals surface area (Å²) in [6.45, 7) is 8.08. The predicted molar refractivity (Wildman–Crippen MR) is 108 cm³/mol. The highest BCUT2D eigenvalue weighted by molar-refractivity contribution is 7.21. The number of amides is 1. The summed E-state index contributed by atoms with van der Waals surface area (Å²) in [4.78, 5) is 18.5.